The Labute approximate surface area is 222 Å². The first-order chi connectivity index (χ1) is 17.6. The van der Waals surface area contributed by atoms with Crippen molar-refractivity contribution in [3.05, 3.63) is 51.5 Å². The number of benzene rings is 1. The number of aryl methyl sites for hydroxylation is 1. The van der Waals surface area contributed by atoms with Gasteiger partial charge in [-0.25, -0.2) is 26.5 Å². The number of halogens is 2. The number of nitrogens with zero attached hydrogens (tertiary/aromatic N) is 2. The number of aliphatic hydroxyl groups is 1. The van der Waals surface area contributed by atoms with Crippen molar-refractivity contribution in [2.45, 2.75) is 71.6 Å². The van der Waals surface area contributed by atoms with E-state index in [1.165, 1.54) is 4.31 Å². The SMILES string of the molecule is CCCN(CCC)S(=O)(=O)CCC(=O)N[C@@H](Cc1cc(F)cc(F)c1)[C@@H](O)CNCc1cnc(CC)s1. The summed E-state index contributed by atoms with van der Waals surface area (Å²) >= 11 is 1.56. The molecule has 1 aromatic carbocycles. The van der Waals surface area contributed by atoms with Crippen LogP contribution in [-0.2, 0) is 34.2 Å². The van der Waals surface area contributed by atoms with Gasteiger partial charge in [-0.15, -0.1) is 11.3 Å². The summed E-state index contributed by atoms with van der Waals surface area (Å²) in [4.78, 5) is 18.0. The van der Waals surface area contributed by atoms with E-state index in [1.807, 2.05) is 20.8 Å². The van der Waals surface area contributed by atoms with Gasteiger partial charge in [-0.05, 0) is 43.4 Å². The van der Waals surface area contributed by atoms with Crippen molar-refractivity contribution in [1.29, 1.82) is 0 Å². The van der Waals surface area contributed by atoms with Gasteiger partial charge in [0.15, 0.2) is 0 Å². The molecule has 0 aliphatic heterocycles. The Morgan fingerprint density at radius 3 is 2.35 bits per heavy atom. The molecule has 0 saturated heterocycles. The lowest BCUT2D eigenvalue weighted by Crippen LogP contribution is -2.49. The minimum Gasteiger partial charge on any atom is -0.390 e. The number of rotatable bonds is 17. The molecular formula is C25H38F2N4O4S2. The zero-order valence-corrected chi connectivity index (χ0v) is 23.3. The molecule has 0 bridgehead atoms. The number of amides is 1. The average molecular weight is 561 g/mol. The van der Waals surface area contributed by atoms with Gasteiger partial charge < -0.3 is 15.7 Å². The van der Waals surface area contributed by atoms with E-state index < -0.39 is 39.7 Å². The summed E-state index contributed by atoms with van der Waals surface area (Å²) in [5, 5.41) is 17.6. The summed E-state index contributed by atoms with van der Waals surface area (Å²) in [5.41, 5.74) is 0.265. The van der Waals surface area contributed by atoms with Crippen LogP contribution in [-0.4, -0.2) is 66.3 Å². The van der Waals surface area contributed by atoms with E-state index in [0.717, 1.165) is 34.5 Å². The number of hydrogen-bond donors (Lipinski definition) is 3. The Morgan fingerprint density at radius 2 is 1.78 bits per heavy atom. The molecule has 0 aliphatic rings. The highest BCUT2D eigenvalue weighted by Crippen LogP contribution is 2.15. The van der Waals surface area contributed by atoms with E-state index in [-0.39, 0.29) is 30.7 Å². The van der Waals surface area contributed by atoms with Gasteiger partial charge in [-0.2, -0.15) is 0 Å². The van der Waals surface area contributed by atoms with Crippen LogP contribution in [0.15, 0.2) is 24.4 Å². The van der Waals surface area contributed by atoms with Gasteiger partial charge in [0.2, 0.25) is 15.9 Å². The molecule has 0 fully saturated rings. The largest absolute Gasteiger partial charge is 0.390 e. The van der Waals surface area contributed by atoms with Gasteiger partial charge >= 0.3 is 0 Å². The summed E-state index contributed by atoms with van der Waals surface area (Å²) in [7, 11) is -3.62. The number of aromatic nitrogens is 1. The summed E-state index contributed by atoms with van der Waals surface area (Å²) in [5.74, 6) is -2.45. The molecule has 1 amide bonds. The fraction of sp³-hybridized carbons (Fsp3) is 0.600. The maximum atomic E-state index is 13.7. The number of carbonyl (C=O) groups excluding carboxylic acids is 1. The summed E-state index contributed by atoms with van der Waals surface area (Å²) in [6, 6.07) is 2.14. The number of hydrogen-bond acceptors (Lipinski definition) is 7. The van der Waals surface area contributed by atoms with Crippen LogP contribution >= 0.6 is 11.3 Å². The molecule has 2 atom stereocenters. The fourth-order valence-electron chi connectivity index (χ4n) is 3.86. The predicted molar refractivity (Wildman–Crippen MR) is 142 cm³/mol. The molecule has 8 nitrogen and oxygen atoms in total. The highest BCUT2D eigenvalue weighted by Gasteiger charge is 2.25. The van der Waals surface area contributed by atoms with E-state index in [9.17, 15) is 27.1 Å². The van der Waals surface area contributed by atoms with Crippen LogP contribution in [0.1, 0.15) is 55.5 Å². The number of sulfonamides is 1. The molecule has 12 heteroatoms. The zero-order chi connectivity index (χ0) is 27.4. The lowest BCUT2D eigenvalue weighted by atomic mass is 10.0. The molecule has 3 N–H and O–H groups in total. The van der Waals surface area contributed by atoms with E-state index >= 15 is 0 Å². The van der Waals surface area contributed by atoms with E-state index in [1.54, 1.807) is 17.5 Å². The number of thiazole rings is 1. The third-order valence-corrected chi connectivity index (χ3v) is 8.69. The van der Waals surface area contributed by atoms with E-state index in [4.69, 9.17) is 0 Å². The highest BCUT2D eigenvalue weighted by atomic mass is 32.2. The van der Waals surface area contributed by atoms with Crippen LogP contribution in [0.25, 0.3) is 0 Å². The van der Waals surface area contributed by atoms with Gasteiger partial charge in [-0.3, -0.25) is 4.79 Å². The monoisotopic (exact) mass is 560 g/mol. The topological polar surface area (TPSA) is 112 Å². The maximum absolute atomic E-state index is 13.7. The first kappa shape index (κ1) is 31.2. The first-order valence-corrected chi connectivity index (χ1v) is 15.0. The molecule has 37 heavy (non-hydrogen) atoms. The smallest absolute Gasteiger partial charge is 0.221 e. The van der Waals surface area contributed by atoms with Crippen LogP contribution in [0.5, 0.6) is 0 Å². The Hall–Kier alpha value is -1.99. The molecule has 0 saturated carbocycles. The minimum atomic E-state index is -3.62. The van der Waals surface area contributed by atoms with Gasteiger partial charge in [0.25, 0.3) is 0 Å². The molecule has 1 aromatic heterocycles. The molecule has 2 aromatic rings. The van der Waals surface area contributed by atoms with Crippen molar-refractivity contribution in [3.63, 3.8) is 0 Å². The third-order valence-electron chi connectivity index (χ3n) is 5.67. The number of carbonyl (C=O) groups is 1. The molecule has 0 radical (unpaired) electrons. The predicted octanol–water partition coefficient (Wildman–Crippen LogP) is 3.00. The fourth-order valence-corrected chi connectivity index (χ4v) is 6.32. The number of aliphatic hydroxyl groups excluding tert-OH is 1. The summed E-state index contributed by atoms with van der Waals surface area (Å²) in [6.07, 6.45) is 2.50. The number of nitrogens with one attached hydrogen (secondary N) is 2. The standard InChI is InChI=1S/C25H38F2N4O4S2/c1-4-8-31(9-5-2)37(34,35)10-7-24(33)30-22(13-18-11-19(26)14-20(27)12-18)23(32)17-28-15-21-16-29-25(6-3)36-21/h11-12,14,16,22-23,28,32H,4-10,13,15,17H2,1-3H3,(H,30,33)/t22-,23-/m0/s1. The molecule has 1 heterocycles. The zero-order valence-electron chi connectivity index (χ0n) is 21.7. The van der Waals surface area contributed by atoms with Crippen LogP contribution in [0, 0.1) is 11.6 Å². The third kappa shape index (κ3) is 10.7. The van der Waals surface area contributed by atoms with Crippen molar-refractivity contribution in [2.75, 3.05) is 25.4 Å². The van der Waals surface area contributed by atoms with Crippen LogP contribution in [0.2, 0.25) is 0 Å². The van der Waals surface area contributed by atoms with Crippen LogP contribution in [0.3, 0.4) is 0 Å². The average Bonchev–Trinajstić information content (AvgIpc) is 3.29. The summed E-state index contributed by atoms with van der Waals surface area (Å²) in [6.45, 7) is 7.12. The second kappa shape index (κ2) is 15.4. The molecular weight excluding hydrogens is 522 g/mol. The van der Waals surface area contributed by atoms with Crippen LogP contribution < -0.4 is 10.6 Å². The quantitative estimate of drug-likeness (QED) is 0.274. The Bertz CT molecular complexity index is 1070. The van der Waals surface area contributed by atoms with Crippen molar-refractivity contribution in [1.82, 2.24) is 19.9 Å². The molecule has 2 rings (SSSR count). The van der Waals surface area contributed by atoms with Crippen LogP contribution in [0.4, 0.5) is 8.78 Å². The highest BCUT2D eigenvalue weighted by molar-refractivity contribution is 7.89. The second-order valence-corrected chi connectivity index (χ2v) is 12.2. The molecule has 208 valence electrons. The Kier molecular flexibility index (Phi) is 13.0. The first-order valence-electron chi connectivity index (χ1n) is 12.6. The van der Waals surface area contributed by atoms with Crippen molar-refractivity contribution >= 4 is 27.3 Å². The van der Waals surface area contributed by atoms with E-state index in [0.29, 0.717) is 32.5 Å². The minimum absolute atomic E-state index is 0.0334. The maximum Gasteiger partial charge on any atom is 0.221 e. The van der Waals surface area contributed by atoms with Gasteiger partial charge in [0.05, 0.1) is 22.9 Å². The lowest BCUT2D eigenvalue weighted by Gasteiger charge is -2.25. The van der Waals surface area contributed by atoms with E-state index in [2.05, 4.69) is 15.6 Å². The van der Waals surface area contributed by atoms with Crippen molar-refractivity contribution < 1.29 is 27.1 Å². The van der Waals surface area contributed by atoms with Gasteiger partial charge in [0, 0.05) is 49.7 Å². The van der Waals surface area contributed by atoms with Gasteiger partial charge in [-0.1, -0.05) is 20.8 Å². The molecule has 0 aliphatic carbocycles. The molecule has 0 unspecified atom stereocenters. The van der Waals surface area contributed by atoms with Crippen molar-refractivity contribution in [2.24, 2.45) is 0 Å². The van der Waals surface area contributed by atoms with Crippen molar-refractivity contribution in [3.8, 4) is 0 Å². The lowest BCUT2D eigenvalue weighted by molar-refractivity contribution is -0.122. The molecule has 0 spiro atoms. The van der Waals surface area contributed by atoms with Gasteiger partial charge in [0.1, 0.15) is 11.6 Å². The Balaban J connectivity index is 2.05. The Morgan fingerprint density at radius 1 is 1.14 bits per heavy atom. The second-order valence-electron chi connectivity index (χ2n) is 8.89. The summed E-state index contributed by atoms with van der Waals surface area (Å²) < 4.78 is 54.3. The normalized spacial score (nSPS) is 13.6.